The number of rotatable bonds is 12. The number of phenols is 1. The van der Waals surface area contributed by atoms with Crippen molar-refractivity contribution in [1.29, 1.82) is 0 Å². The molecule has 0 bridgehead atoms. The molecule has 4 rings (SSSR count). The Labute approximate surface area is 248 Å². The maximum absolute atomic E-state index is 15.0. The molecule has 234 valence electrons. The molecule has 1 aliphatic rings. The monoisotopic (exact) mass is 605 g/mol. The molecular weight excluding hydrogens is 566 g/mol. The Bertz CT molecular complexity index is 1410. The predicted molar refractivity (Wildman–Crippen MR) is 154 cm³/mol. The van der Waals surface area contributed by atoms with Crippen LogP contribution in [0.1, 0.15) is 44.6 Å². The van der Waals surface area contributed by atoms with Crippen LogP contribution in [0.3, 0.4) is 0 Å². The van der Waals surface area contributed by atoms with E-state index in [2.05, 4.69) is 10.6 Å². The molecular formula is C31H39F4N5O3. The van der Waals surface area contributed by atoms with Crippen LogP contribution in [0.25, 0.3) is 11.3 Å². The van der Waals surface area contributed by atoms with Crippen LogP contribution in [0.5, 0.6) is 5.75 Å². The molecule has 0 spiro atoms. The number of benzene rings is 2. The van der Waals surface area contributed by atoms with E-state index in [9.17, 15) is 32.6 Å². The summed E-state index contributed by atoms with van der Waals surface area (Å²) in [5.74, 6) is -2.69. The lowest BCUT2D eigenvalue weighted by molar-refractivity contribution is -0.124. The lowest BCUT2D eigenvalue weighted by Crippen LogP contribution is -2.47. The summed E-state index contributed by atoms with van der Waals surface area (Å²) in [6.45, 7) is 6.19. The average molecular weight is 606 g/mol. The maximum Gasteiger partial charge on any atom is 0.220 e. The van der Waals surface area contributed by atoms with E-state index in [1.165, 1.54) is 25.4 Å². The van der Waals surface area contributed by atoms with E-state index in [1.54, 1.807) is 11.5 Å². The van der Waals surface area contributed by atoms with Gasteiger partial charge in [-0.3, -0.25) is 9.69 Å². The number of nitrogens with zero attached hydrogens (tertiary/aromatic N) is 3. The van der Waals surface area contributed by atoms with Crippen molar-refractivity contribution in [3.63, 3.8) is 0 Å². The van der Waals surface area contributed by atoms with Crippen LogP contribution in [0, 0.1) is 28.8 Å². The van der Waals surface area contributed by atoms with E-state index in [0.717, 1.165) is 24.3 Å². The first-order chi connectivity index (χ1) is 20.3. The highest BCUT2D eigenvalue weighted by molar-refractivity contribution is 5.76. The number of nitrogens with one attached hydrogen (secondary N) is 2. The number of imidazole rings is 1. The van der Waals surface area contributed by atoms with Crippen LogP contribution in [-0.4, -0.2) is 76.1 Å². The average Bonchev–Trinajstić information content (AvgIpc) is 3.49. The van der Waals surface area contributed by atoms with Gasteiger partial charge in [0, 0.05) is 69.9 Å². The van der Waals surface area contributed by atoms with E-state index in [-0.39, 0.29) is 55.5 Å². The summed E-state index contributed by atoms with van der Waals surface area (Å²) in [5, 5.41) is 26.3. The number of alkyl halides is 1. The minimum atomic E-state index is -1.13. The van der Waals surface area contributed by atoms with Crippen LogP contribution in [0.2, 0.25) is 0 Å². The maximum atomic E-state index is 15.0. The standard InChI is InChI=1S/C31H39F4N5O3/c1-18(41)14-39(16-20-12-37-13-26(20)35)29(31(2,3)11-28(43)36-4)30-38-27(24-10-21(32)5-6-25(24)34)17-40(30)15-19-7-22(33)9-23(42)8-19/h5-10,17-18,20,26,29,37,41-42H,11-16H2,1-4H3,(H,36,43). The lowest BCUT2D eigenvalue weighted by atomic mass is 9.78. The first kappa shape index (κ1) is 32.4. The molecule has 12 heteroatoms. The molecule has 1 amide bonds. The van der Waals surface area contributed by atoms with Crippen LogP contribution in [0.4, 0.5) is 17.6 Å². The number of carbonyl (C=O) groups is 1. The van der Waals surface area contributed by atoms with Crippen molar-refractivity contribution in [2.45, 2.75) is 52.1 Å². The van der Waals surface area contributed by atoms with Gasteiger partial charge in [0.2, 0.25) is 5.91 Å². The number of amides is 1. The quantitative estimate of drug-likeness (QED) is 0.231. The predicted octanol–water partition coefficient (Wildman–Crippen LogP) is 4.17. The van der Waals surface area contributed by atoms with Crippen molar-refractivity contribution in [2.75, 3.05) is 33.2 Å². The number of hydrogen-bond acceptors (Lipinski definition) is 6. The zero-order valence-corrected chi connectivity index (χ0v) is 24.7. The van der Waals surface area contributed by atoms with Crippen LogP contribution in [-0.2, 0) is 11.3 Å². The number of hydrogen-bond donors (Lipinski definition) is 4. The van der Waals surface area contributed by atoms with Crippen LogP contribution < -0.4 is 10.6 Å². The minimum absolute atomic E-state index is 0.0175. The van der Waals surface area contributed by atoms with Gasteiger partial charge in [0.05, 0.1) is 17.8 Å². The number of halogens is 4. The van der Waals surface area contributed by atoms with Gasteiger partial charge in [-0.05, 0) is 48.2 Å². The van der Waals surface area contributed by atoms with Crippen molar-refractivity contribution in [1.82, 2.24) is 25.1 Å². The highest BCUT2D eigenvalue weighted by Crippen LogP contribution is 2.43. The second-order valence-corrected chi connectivity index (χ2v) is 12.0. The lowest BCUT2D eigenvalue weighted by Gasteiger charge is -2.43. The van der Waals surface area contributed by atoms with Gasteiger partial charge in [0.1, 0.15) is 35.2 Å². The highest BCUT2D eigenvalue weighted by atomic mass is 19.1. The first-order valence-corrected chi connectivity index (χ1v) is 14.3. The molecule has 8 nitrogen and oxygen atoms in total. The summed E-state index contributed by atoms with van der Waals surface area (Å²) in [5.41, 5.74) is -0.527. The fraction of sp³-hybridized carbons (Fsp3) is 0.484. The second kappa shape index (κ2) is 13.4. The molecule has 2 aromatic carbocycles. The number of carbonyl (C=O) groups excluding carboxylic acids is 1. The van der Waals surface area contributed by atoms with Crippen molar-refractivity contribution < 1.29 is 32.6 Å². The zero-order valence-electron chi connectivity index (χ0n) is 24.7. The Morgan fingerprint density at radius 1 is 1.19 bits per heavy atom. The summed E-state index contributed by atoms with van der Waals surface area (Å²) in [7, 11) is 1.51. The third-order valence-corrected chi connectivity index (χ3v) is 7.78. The van der Waals surface area contributed by atoms with Gasteiger partial charge >= 0.3 is 0 Å². The minimum Gasteiger partial charge on any atom is -0.508 e. The summed E-state index contributed by atoms with van der Waals surface area (Å²) < 4.78 is 60.0. The van der Waals surface area contributed by atoms with Gasteiger partial charge in [-0.2, -0.15) is 0 Å². The molecule has 3 aromatic rings. The van der Waals surface area contributed by atoms with E-state index in [4.69, 9.17) is 4.98 Å². The largest absolute Gasteiger partial charge is 0.508 e. The number of aliphatic hydroxyl groups excluding tert-OH is 1. The number of phenolic OH excluding ortho intramolecular Hbond substituents is 1. The number of aliphatic hydroxyl groups is 1. The van der Waals surface area contributed by atoms with E-state index < -0.39 is 47.1 Å². The van der Waals surface area contributed by atoms with Gasteiger partial charge in [0.25, 0.3) is 0 Å². The molecule has 2 heterocycles. The van der Waals surface area contributed by atoms with Gasteiger partial charge < -0.3 is 25.4 Å². The Balaban J connectivity index is 1.93. The zero-order chi connectivity index (χ0) is 31.5. The molecule has 43 heavy (non-hydrogen) atoms. The topological polar surface area (TPSA) is 103 Å². The summed E-state index contributed by atoms with van der Waals surface area (Å²) in [4.78, 5) is 19.4. The number of aromatic nitrogens is 2. The molecule has 4 N–H and O–H groups in total. The van der Waals surface area contributed by atoms with Gasteiger partial charge in [-0.15, -0.1) is 0 Å². The van der Waals surface area contributed by atoms with Crippen molar-refractivity contribution in [3.8, 4) is 17.0 Å². The molecule has 4 unspecified atom stereocenters. The Morgan fingerprint density at radius 3 is 2.56 bits per heavy atom. The fourth-order valence-corrected chi connectivity index (χ4v) is 5.93. The Kier molecular flexibility index (Phi) is 10.1. The SMILES string of the molecule is CNC(=O)CC(C)(C)C(c1nc(-c2cc(F)ccc2F)cn1Cc1cc(O)cc(F)c1)N(CC(C)O)CC1CNCC1F. The normalized spacial score (nSPS) is 18.7. The third-order valence-electron chi connectivity index (χ3n) is 7.78. The molecule has 1 aliphatic heterocycles. The molecule has 1 aromatic heterocycles. The van der Waals surface area contributed by atoms with Crippen LogP contribution >= 0.6 is 0 Å². The smallest absolute Gasteiger partial charge is 0.220 e. The molecule has 0 aliphatic carbocycles. The van der Waals surface area contributed by atoms with E-state index in [0.29, 0.717) is 17.9 Å². The van der Waals surface area contributed by atoms with E-state index in [1.807, 2.05) is 18.7 Å². The molecule has 0 saturated carbocycles. The first-order valence-electron chi connectivity index (χ1n) is 14.3. The van der Waals surface area contributed by atoms with Crippen molar-refractivity contribution >= 4 is 5.91 Å². The number of aromatic hydroxyl groups is 1. The fourth-order valence-electron chi connectivity index (χ4n) is 5.93. The summed E-state index contributed by atoms with van der Waals surface area (Å²) >= 11 is 0. The van der Waals surface area contributed by atoms with Gasteiger partial charge in [-0.25, -0.2) is 22.5 Å². The Morgan fingerprint density at radius 2 is 1.93 bits per heavy atom. The van der Waals surface area contributed by atoms with Gasteiger partial charge in [-0.1, -0.05) is 13.8 Å². The van der Waals surface area contributed by atoms with Crippen molar-refractivity contribution in [3.05, 3.63) is 71.4 Å². The highest BCUT2D eigenvalue weighted by Gasteiger charge is 2.42. The molecule has 1 fully saturated rings. The molecule has 0 radical (unpaired) electrons. The molecule has 4 atom stereocenters. The van der Waals surface area contributed by atoms with Crippen molar-refractivity contribution in [2.24, 2.45) is 11.3 Å². The van der Waals surface area contributed by atoms with E-state index >= 15 is 0 Å². The summed E-state index contributed by atoms with van der Waals surface area (Å²) in [6, 6.07) is 5.85. The molecule has 1 saturated heterocycles. The van der Waals surface area contributed by atoms with Crippen LogP contribution in [0.15, 0.2) is 42.6 Å². The third kappa shape index (κ3) is 7.92. The summed E-state index contributed by atoms with van der Waals surface area (Å²) in [6.07, 6.45) is -0.446. The second-order valence-electron chi connectivity index (χ2n) is 12.0. The van der Waals surface area contributed by atoms with Gasteiger partial charge in [0.15, 0.2) is 0 Å². The Hall–Kier alpha value is -3.48.